The van der Waals surface area contributed by atoms with Crippen molar-refractivity contribution in [2.45, 2.75) is 63.7 Å². The summed E-state index contributed by atoms with van der Waals surface area (Å²) in [5.41, 5.74) is 2.52. The molecule has 1 amide bonds. The van der Waals surface area contributed by atoms with Gasteiger partial charge in [-0.3, -0.25) is 10.0 Å². The lowest BCUT2D eigenvalue weighted by Gasteiger charge is -2.33. The van der Waals surface area contributed by atoms with Crippen LogP contribution in [0.15, 0.2) is 22.9 Å². The standard InChI is InChI=1S/C24H36N6O3/c1-29-12-14-30(15-13-29)21-11-10-20(17-25-21)23-26-24(33-28-23)19(16-22(31)27-32)9-5-8-18-6-3-2-4-7-18/h10-11,17-19,32H,2-9,12-16H2,1H3,(H,27,31)/t19-/m0/s1. The number of hydroxylamine groups is 1. The largest absolute Gasteiger partial charge is 0.354 e. The molecule has 9 nitrogen and oxygen atoms in total. The fourth-order valence-corrected chi connectivity index (χ4v) is 4.97. The zero-order valence-electron chi connectivity index (χ0n) is 19.6. The molecule has 1 saturated heterocycles. The van der Waals surface area contributed by atoms with E-state index in [4.69, 9.17) is 9.73 Å². The molecule has 0 unspecified atom stereocenters. The number of carbonyl (C=O) groups is 1. The predicted molar refractivity (Wildman–Crippen MR) is 125 cm³/mol. The Morgan fingerprint density at radius 3 is 2.70 bits per heavy atom. The van der Waals surface area contributed by atoms with E-state index in [9.17, 15) is 4.79 Å². The molecule has 1 saturated carbocycles. The summed E-state index contributed by atoms with van der Waals surface area (Å²) in [4.78, 5) is 25.7. The number of nitrogens with one attached hydrogen (secondary N) is 1. The van der Waals surface area contributed by atoms with Gasteiger partial charge in [0.1, 0.15) is 5.82 Å². The minimum atomic E-state index is -0.435. The average Bonchev–Trinajstić information content (AvgIpc) is 3.35. The number of rotatable bonds is 9. The molecule has 3 heterocycles. The van der Waals surface area contributed by atoms with E-state index in [0.29, 0.717) is 11.7 Å². The Bertz CT molecular complexity index is 873. The third-order valence-corrected chi connectivity index (χ3v) is 7.07. The summed E-state index contributed by atoms with van der Waals surface area (Å²) in [5, 5.41) is 13.2. The maximum atomic E-state index is 11.9. The van der Waals surface area contributed by atoms with E-state index in [1.165, 1.54) is 32.1 Å². The van der Waals surface area contributed by atoms with E-state index in [-0.39, 0.29) is 12.3 Å². The normalized spacial score (nSPS) is 18.9. The number of hydrogen-bond acceptors (Lipinski definition) is 8. The zero-order chi connectivity index (χ0) is 23.0. The maximum absolute atomic E-state index is 11.9. The second-order valence-corrected chi connectivity index (χ2v) is 9.52. The lowest BCUT2D eigenvalue weighted by atomic mass is 9.84. The molecule has 1 aliphatic heterocycles. The van der Waals surface area contributed by atoms with Crippen molar-refractivity contribution >= 4 is 11.7 Å². The number of anilines is 1. The highest BCUT2D eigenvalue weighted by molar-refractivity contribution is 5.75. The molecule has 2 fully saturated rings. The SMILES string of the molecule is CN1CCN(c2ccc(-c3noc([C@@H](CCCC4CCCCC4)CC(=O)NO)n3)cn2)CC1. The fraction of sp³-hybridized carbons (Fsp3) is 0.667. The van der Waals surface area contributed by atoms with Crippen molar-refractivity contribution < 1.29 is 14.5 Å². The molecule has 0 aromatic carbocycles. The summed E-state index contributed by atoms with van der Waals surface area (Å²) >= 11 is 0. The third-order valence-electron chi connectivity index (χ3n) is 7.07. The van der Waals surface area contributed by atoms with Crippen molar-refractivity contribution in [2.24, 2.45) is 5.92 Å². The van der Waals surface area contributed by atoms with E-state index >= 15 is 0 Å². The number of aromatic nitrogens is 3. The Morgan fingerprint density at radius 2 is 2.00 bits per heavy atom. The first-order valence-electron chi connectivity index (χ1n) is 12.3. The molecule has 4 rings (SSSR count). The molecular formula is C24H36N6O3. The van der Waals surface area contributed by atoms with Gasteiger partial charge in [-0.25, -0.2) is 10.5 Å². The molecule has 2 aromatic rings. The fourth-order valence-electron chi connectivity index (χ4n) is 4.97. The van der Waals surface area contributed by atoms with Crippen LogP contribution in [0.5, 0.6) is 0 Å². The topological polar surface area (TPSA) is 108 Å². The minimum Gasteiger partial charge on any atom is -0.354 e. The number of amides is 1. The molecule has 1 atom stereocenters. The van der Waals surface area contributed by atoms with Crippen LogP contribution in [0, 0.1) is 5.92 Å². The van der Waals surface area contributed by atoms with Gasteiger partial charge in [-0.2, -0.15) is 4.98 Å². The molecule has 0 radical (unpaired) electrons. The molecular weight excluding hydrogens is 420 g/mol. The number of piperazine rings is 1. The molecule has 2 aromatic heterocycles. The van der Waals surface area contributed by atoms with Crippen LogP contribution in [0.3, 0.4) is 0 Å². The molecule has 9 heteroatoms. The first kappa shape index (κ1) is 23.6. The zero-order valence-corrected chi connectivity index (χ0v) is 19.6. The molecule has 2 aliphatic rings. The third kappa shape index (κ3) is 6.51. The first-order chi connectivity index (χ1) is 16.1. The number of carbonyl (C=O) groups excluding carboxylic acids is 1. The monoisotopic (exact) mass is 456 g/mol. The number of pyridine rings is 1. The quantitative estimate of drug-likeness (QED) is 0.435. The van der Waals surface area contributed by atoms with E-state index in [1.807, 2.05) is 12.1 Å². The lowest BCUT2D eigenvalue weighted by molar-refractivity contribution is -0.129. The molecule has 2 N–H and O–H groups in total. The second-order valence-electron chi connectivity index (χ2n) is 9.52. The van der Waals surface area contributed by atoms with Crippen molar-refractivity contribution in [3.8, 4) is 11.4 Å². The van der Waals surface area contributed by atoms with Gasteiger partial charge < -0.3 is 14.3 Å². The van der Waals surface area contributed by atoms with Crippen LogP contribution < -0.4 is 10.4 Å². The minimum absolute atomic E-state index is 0.128. The van der Waals surface area contributed by atoms with Gasteiger partial charge in [0.2, 0.25) is 17.6 Å². The number of likely N-dealkylation sites (N-methyl/N-ethyl adjacent to an activating group) is 1. The number of hydrogen-bond donors (Lipinski definition) is 2. The van der Waals surface area contributed by atoms with Crippen molar-refractivity contribution in [3.05, 3.63) is 24.2 Å². The van der Waals surface area contributed by atoms with Crippen LogP contribution in [0.2, 0.25) is 0 Å². The second kappa shape index (κ2) is 11.6. The van der Waals surface area contributed by atoms with Crippen molar-refractivity contribution in [1.82, 2.24) is 25.5 Å². The van der Waals surface area contributed by atoms with E-state index in [1.54, 1.807) is 11.7 Å². The highest BCUT2D eigenvalue weighted by Crippen LogP contribution is 2.31. The molecule has 33 heavy (non-hydrogen) atoms. The lowest BCUT2D eigenvalue weighted by Crippen LogP contribution is -2.44. The van der Waals surface area contributed by atoms with Gasteiger partial charge in [0.25, 0.3) is 0 Å². The van der Waals surface area contributed by atoms with Crippen molar-refractivity contribution in [1.29, 1.82) is 0 Å². The smallest absolute Gasteiger partial charge is 0.244 e. The van der Waals surface area contributed by atoms with Gasteiger partial charge >= 0.3 is 0 Å². The van der Waals surface area contributed by atoms with E-state index in [2.05, 4.69) is 32.0 Å². The van der Waals surface area contributed by atoms with Crippen LogP contribution in [-0.2, 0) is 4.79 Å². The van der Waals surface area contributed by atoms with Crippen molar-refractivity contribution in [2.75, 3.05) is 38.1 Å². The Hall–Kier alpha value is -2.52. The molecule has 0 bridgehead atoms. The Balaban J connectivity index is 1.39. The highest BCUT2D eigenvalue weighted by atomic mass is 16.5. The first-order valence-corrected chi connectivity index (χ1v) is 12.3. The summed E-state index contributed by atoms with van der Waals surface area (Å²) < 4.78 is 5.56. The predicted octanol–water partition coefficient (Wildman–Crippen LogP) is 3.61. The Morgan fingerprint density at radius 1 is 1.21 bits per heavy atom. The Labute approximate surface area is 195 Å². The van der Waals surface area contributed by atoms with Crippen molar-refractivity contribution in [3.63, 3.8) is 0 Å². The summed E-state index contributed by atoms with van der Waals surface area (Å²) in [7, 11) is 2.13. The van der Waals surface area contributed by atoms with Crippen LogP contribution in [0.4, 0.5) is 5.82 Å². The van der Waals surface area contributed by atoms with E-state index < -0.39 is 5.91 Å². The molecule has 0 spiro atoms. The average molecular weight is 457 g/mol. The van der Waals surface area contributed by atoms with Gasteiger partial charge in [-0.15, -0.1) is 0 Å². The van der Waals surface area contributed by atoms with E-state index in [0.717, 1.165) is 62.7 Å². The van der Waals surface area contributed by atoms with Gasteiger partial charge in [0.05, 0.1) is 0 Å². The molecule has 180 valence electrons. The summed E-state index contributed by atoms with van der Waals surface area (Å²) in [6.45, 7) is 3.98. The summed E-state index contributed by atoms with van der Waals surface area (Å²) in [5.74, 6) is 2.02. The summed E-state index contributed by atoms with van der Waals surface area (Å²) in [6.07, 6.45) is 11.5. The van der Waals surface area contributed by atoms with Crippen LogP contribution in [0.25, 0.3) is 11.4 Å². The van der Waals surface area contributed by atoms with Crippen LogP contribution in [-0.4, -0.2) is 64.4 Å². The van der Waals surface area contributed by atoms with Gasteiger partial charge in [-0.05, 0) is 31.5 Å². The van der Waals surface area contributed by atoms with Crippen LogP contribution >= 0.6 is 0 Å². The van der Waals surface area contributed by atoms with Crippen LogP contribution in [0.1, 0.15) is 69.6 Å². The Kier molecular flexibility index (Phi) is 8.28. The number of nitrogens with zero attached hydrogens (tertiary/aromatic N) is 5. The molecule has 1 aliphatic carbocycles. The van der Waals surface area contributed by atoms with Gasteiger partial charge in [0.15, 0.2) is 0 Å². The highest BCUT2D eigenvalue weighted by Gasteiger charge is 2.24. The van der Waals surface area contributed by atoms with Gasteiger partial charge in [-0.1, -0.05) is 50.1 Å². The van der Waals surface area contributed by atoms with Gasteiger partial charge in [0, 0.05) is 50.3 Å². The summed E-state index contributed by atoms with van der Waals surface area (Å²) in [6, 6.07) is 3.96. The maximum Gasteiger partial charge on any atom is 0.244 e.